The zero-order chi connectivity index (χ0) is 63.9. The van der Waals surface area contributed by atoms with Crippen molar-refractivity contribution in [2.24, 2.45) is 11.8 Å². The highest BCUT2D eigenvalue weighted by Crippen LogP contribution is 2.48. The van der Waals surface area contributed by atoms with E-state index in [-0.39, 0.29) is 42.5 Å². The van der Waals surface area contributed by atoms with Gasteiger partial charge in [-0.05, 0) is 184 Å². The molecule has 0 bridgehead atoms. The molecule has 6 aromatic rings. The first kappa shape index (κ1) is 66.1. The first-order valence-electron chi connectivity index (χ1n) is 34.1. The predicted molar refractivity (Wildman–Crippen MR) is 355 cm³/mol. The summed E-state index contributed by atoms with van der Waals surface area (Å²) < 4.78 is 66.4. The molecule has 0 saturated carbocycles. The van der Waals surface area contributed by atoms with Gasteiger partial charge in [-0.2, -0.15) is 0 Å². The molecule has 8 unspecified atom stereocenters. The van der Waals surface area contributed by atoms with Gasteiger partial charge in [0, 0.05) is 69.9 Å². The number of carbonyl (C=O) groups excluding carboxylic acids is 2. The molecule has 16 nitrogen and oxygen atoms in total. The molecule has 14 rings (SSSR count). The van der Waals surface area contributed by atoms with E-state index in [1.54, 1.807) is 42.5 Å². The summed E-state index contributed by atoms with van der Waals surface area (Å²) in [4.78, 5) is 33.0. The van der Waals surface area contributed by atoms with Gasteiger partial charge in [-0.3, -0.25) is 14.5 Å². The van der Waals surface area contributed by atoms with Crippen LogP contribution in [0, 0.1) is 11.8 Å². The van der Waals surface area contributed by atoms with Crippen LogP contribution in [0.2, 0.25) is 0 Å². The fourth-order valence-corrected chi connectivity index (χ4v) is 13.8. The Morgan fingerprint density at radius 2 is 0.806 bits per heavy atom. The number of hydrogen-bond acceptors (Lipinski definition) is 16. The van der Waals surface area contributed by atoms with Gasteiger partial charge in [-0.1, -0.05) is 62.4 Å². The van der Waals surface area contributed by atoms with Crippen molar-refractivity contribution in [1.29, 1.82) is 0 Å². The normalized spacial score (nSPS) is 26.3. The SMILES string of the molecule is C[C@@H]1CCN(CCCl)C1.C[C@@H]1CCN(CCOc2ccc(C3Oc4cc(OC5CCCCO5)ccc4C(=O)C3c3ccc(OC4CCCCO4)cc3)cc2)C1.O=C1c2ccc(OC3CCCCO3)cc2OC(c2ccc(O)cc2)C1c1ccc(OC2CCCCO2)cc1. The second-order valence-corrected chi connectivity index (χ2v) is 26.3. The Morgan fingerprint density at radius 3 is 1.18 bits per heavy atom. The van der Waals surface area contributed by atoms with Crippen LogP contribution in [0.3, 0.4) is 0 Å². The van der Waals surface area contributed by atoms with Gasteiger partial charge < -0.3 is 62.1 Å². The van der Waals surface area contributed by atoms with Crippen LogP contribution in [0.4, 0.5) is 0 Å². The topological polar surface area (TPSA) is 162 Å². The van der Waals surface area contributed by atoms with Crippen molar-refractivity contribution in [2.75, 3.05) is 78.2 Å². The van der Waals surface area contributed by atoms with Crippen molar-refractivity contribution in [2.45, 2.75) is 153 Å². The maximum absolute atomic E-state index is 14.2. The molecule has 6 aromatic carbocycles. The van der Waals surface area contributed by atoms with E-state index in [2.05, 4.69) is 23.6 Å². The number of ketones is 2. The Labute approximate surface area is 552 Å². The quantitative estimate of drug-likeness (QED) is 0.0808. The van der Waals surface area contributed by atoms with Crippen LogP contribution in [0.25, 0.3) is 0 Å². The van der Waals surface area contributed by atoms with Crippen molar-refractivity contribution in [1.82, 2.24) is 9.80 Å². The van der Waals surface area contributed by atoms with Crippen LogP contribution in [0.15, 0.2) is 133 Å². The lowest BCUT2D eigenvalue weighted by Crippen LogP contribution is -2.30. The number of phenolic OH excluding ortho intramolecular Hbond substituents is 1. The summed E-state index contributed by atoms with van der Waals surface area (Å²) in [6.07, 6.45) is 12.4. The molecule has 8 aliphatic heterocycles. The van der Waals surface area contributed by atoms with Gasteiger partial charge >= 0.3 is 0 Å². The van der Waals surface area contributed by atoms with Gasteiger partial charge in [-0.25, -0.2) is 0 Å². The van der Waals surface area contributed by atoms with E-state index in [4.69, 9.17) is 63.7 Å². The number of fused-ring (bicyclic) bond motifs is 2. The molecular weight excluding hydrogens is 1200 g/mol. The van der Waals surface area contributed by atoms with Crippen LogP contribution in [0.5, 0.6) is 46.0 Å². The van der Waals surface area contributed by atoms with Crippen molar-refractivity contribution in [3.05, 3.63) is 167 Å². The van der Waals surface area contributed by atoms with E-state index in [1.807, 2.05) is 91.0 Å². The molecule has 6 fully saturated rings. The van der Waals surface area contributed by atoms with E-state index in [0.717, 1.165) is 161 Å². The summed E-state index contributed by atoms with van der Waals surface area (Å²) in [5, 5.41) is 9.84. The second-order valence-electron chi connectivity index (χ2n) is 26.0. The third-order valence-corrected chi connectivity index (χ3v) is 18.9. The summed E-state index contributed by atoms with van der Waals surface area (Å²) in [6, 6.07) is 41.0. The number of halogens is 1. The molecule has 496 valence electrons. The van der Waals surface area contributed by atoms with E-state index in [9.17, 15) is 14.7 Å². The minimum atomic E-state index is -0.578. The Hall–Kier alpha value is -6.89. The predicted octanol–water partition coefficient (Wildman–Crippen LogP) is 15.2. The Bertz CT molecular complexity index is 3330. The second kappa shape index (κ2) is 32.5. The van der Waals surface area contributed by atoms with Crippen molar-refractivity contribution >= 4 is 23.2 Å². The highest BCUT2D eigenvalue weighted by molar-refractivity contribution is 6.18. The number of phenols is 1. The average Bonchev–Trinajstić information content (AvgIpc) is 0.978. The minimum absolute atomic E-state index is 0.0103. The zero-order valence-corrected chi connectivity index (χ0v) is 54.6. The number of alkyl halides is 1. The number of rotatable bonds is 18. The standard InChI is InChI=1S/C38H45NO7.C31H32O7.C7H14ClN/c1-26-18-19-39(25-26)20-23-41-29-12-10-28(11-13-29)38-36(27-8-14-30(15-9-27)44-34-6-2-4-21-42-34)37(40)32-17-16-31(24-33(32)46-38)45-35-7-3-5-22-43-35;32-22-11-7-21(8-12-22)31-29(20-9-13-23(14-10-20)36-27-5-1-3-17-34-27)30(33)25-16-15-24(19-26(25)38-31)37-28-6-2-4-18-35-28;1-7-2-4-9(6-7)5-3-8/h8-17,24,26,34-36,38H,2-7,18-23,25H2,1H3;7-16,19,27-29,31-32H,1-6,17-18H2;7H,2-6H2,1H3/t26-,34?,35?,36?,38?;;7-/m1.1/s1. The van der Waals surface area contributed by atoms with Gasteiger partial charge in [0.2, 0.25) is 0 Å². The van der Waals surface area contributed by atoms with Crippen LogP contribution in [-0.2, 0) is 18.9 Å². The largest absolute Gasteiger partial charge is 0.508 e. The molecule has 6 saturated heterocycles. The lowest BCUT2D eigenvalue weighted by atomic mass is 9.81. The van der Waals surface area contributed by atoms with E-state index < -0.39 is 24.0 Å². The Kier molecular flexibility index (Phi) is 23.1. The Balaban J connectivity index is 0.000000160. The fraction of sp³-hybridized carbons (Fsp3) is 0.500. The fourth-order valence-electron chi connectivity index (χ4n) is 13.6. The summed E-state index contributed by atoms with van der Waals surface area (Å²) in [5.41, 5.74) is 4.45. The van der Waals surface area contributed by atoms with Crippen LogP contribution in [-0.4, -0.2) is 130 Å². The first-order valence-corrected chi connectivity index (χ1v) is 34.6. The van der Waals surface area contributed by atoms with Crippen LogP contribution < -0.4 is 33.2 Å². The number of benzene rings is 6. The molecule has 93 heavy (non-hydrogen) atoms. The van der Waals surface area contributed by atoms with Crippen molar-refractivity contribution in [3.8, 4) is 46.0 Å². The van der Waals surface area contributed by atoms with Gasteiger partial charge in [0.1, 0.15) is 64.8 Å². The number of ether oxygens (including phenoxy) is 11. The number of hydrogen-bond donors (Lipinski definition) is 1. The molecule has 8 heterocycles. The summed E-state index contributed by atoms with van der Waals surface area (Å²) in [6.45, 7) is 14.9. The smallest absolute Gasteiger partial charge is 0.199 e. The van der Waals surface area contributed by atoms with E-state index in [1.165, 1.54) is 25.9 Å². The third kappa shape index (κ3) is 17.7. The lowest BCUT2D eigenvalue weighted by molar-refractivity contribution is -0.106. The first-order chi connectivity index (χ1) is 45.5. The maximum atomic E-state index is 14.2. The molecule has 0 spiro atoms. The molecule has 0 aliphatic carbocycles. The van der Waals surface area contributed by atoms with E-state index in [0.29, 0.717) is 66.3 Å². The van der Waals surface area contributed by atoms with Crippen LogP contribution >= 0.6 is 11.6 Å². The lowest BCUT2D eigenvalue weighted by Gasteiger charge is -2.34. The molecule has 17 heteroatoms. The molecule has 8 aliphatic rings. The third-order valence-electron chi connectivity index (χ3n) is 18.7. The van der Waals surface area contributed by atoms with Crippen molar-refractivity contribution in [3.63, 3.8) is 0 Å². The molecule has 0 radical (unpaired) electrons. The number of Topliss-reactive ketones (excluding diaryl/α,β-unsaturated/α-hetero) is 2. The number of carbonyl (C=O) groups is 2. The van der Waals surface area contributed by atoms with Gasteiger partial charge in [0.25, 0.3) is 0 Å². The Morgan fingerprint density at radius 1 is 0.441 bits per heavy atom. The number of likely N-dealkylation sites (tertiary alicyclic amines) is 2. The molecule has 0 aromatic heterocycles. The highest BCUT2D eigenvalue weighted by Gasteiger charge is 2.42. The molecule has 1 N–H and O–H groups in total. The highest BCUT2D eigenvalue weighted by atomic mass is 35.5. The molecule has 10 atom stereocenters. The monoisotopic (exact) mass is 1290 g/mol. The zero-order valence-electron chi connectivity index (χ0n) is 53.9. The van der Waals surface area contributed by atoms with Crippen LogP contribution in [0.1, 0.15) is 171 Å². The molecule has 0 amide bonds. The maximum Gasteiger partial charge on any atom is 0.199 e. The van der Waals surface area contributed by atoms with Gasteiger partial charge in [0.15, 0.2) is 36.7 Å². The van der Waals surface area contributed by atoms with Gasteiger partial charge in [-0.15, -0.1) is 11.6 Å². The van der Waals surface area contributed by atoms with Gasteiger partial charge in [0.05, 0.1) is 49.4 Å². The molecular formula is C76H91ClN2O14. The average molecular weight is 1290 g/mol. The minimum Gasteiger partial charge on any atom is -0.508 e. The summed E-state index contributed by atoms with van der Waals surface area (Å²) >= 11 is 5.59. The number of nitrogens with zero attached hydrogens (tertiary/aromatic N) is 2. The summed E-state index contributed by atoms with van der Waals surface area (Å²) in [5.74, 6) is 5.96. The summed E-state index contributed by atoms with van der Waals surface area (Å²) in [7, 11) is 0. The number of aromatic hydroxyl groups is 1. The van der Waals surface area contributed by atoms with Crippen molar-refractivity contribution < 1.29 is 66.8 Å². The van der Waals surface area contributed by atoms with E-state index >= 15 is 0 Å².